The van der Waals surface area contributed by atoms with Gasteiger partial charge in [-0.3, -0.25) is 4.79 Å². The summed E-state index contributed by atoms with van der Waals surface area (Å²) in [5.41, 5.74) is 0.148. The van der Waals surface area contributed by atoms with Crippen LogP contribution in [-0.4, -0.2) is 68.4 Å². The Morgan fingerprint density at radius 2 is 2.26 bits per heavy atom. The average Bonchev–Trinajstić information content (AvgIpc) is 2.44. The predicted octanol–water partition coefficient (Wildman–Crippen LogP) is 2.07. The minimum atomic E-state index is -0.329. The molecule has 1 fully saturated rings. The van der Waals surface area contributed by atoms with Crippen molar-refractivity contribution >= 4 is 23.3 Å². The van der Waals surface area contributed by atoms with Gasteiger partial charge in [0.25, 0.3) is 5.91 Å². The summed E-state index contributed by atoms with van der Waals surface area (Å²) in [6, 6.07) is 1.67. The van der Waals surface area contributed by atoms with E-state index in [9.17, 15) is 4.79 Å². The Labute approximate surface area is 142 Å². The third-order valence-corrected chi connectivity index (χ3v) is 3.89. The lowest BCUT2D eigenvalue weighted by Gasteiger charge is -2.43. The molecule has 2 heterocycles. The van der Waals surface area contributed by atoms with E-state index in [2.05, 4.69) is 9.88 Å². The van der Waals surface area contributed by atoms with E-state index in [-0.39, 0.29) is 17.6 Å². The number of methoxy groups -OCH3 is 1. The van der Waals surface area contributed by atoms with Crippen molar-refractivity contribution < 1.29 is 14.3 Å². The van der Waals surface area contributed by atoms with Gasteiger partial charge in [-0.05, 0) is 19.9 Å². The molecule has 128 valence electrons. The number of anilines is 1. The molecule has 0 spiro atoms. The summed E-state index contributed by atoms with van der Waals surface area (Å²) in [4.78, 5) is 20.0. The van der Waals surface area contributed by atoms with Crippen molar-refractivity contribution in [2.24, 2.45) is 0 Å². The molecule has 7 heteroatoms. The van der Waals surface area contributed by atoms with Crippen LogP contribution in [-0.2, 0) is 9.47 Å². The standard InChI is InChI=1S/C16H24ClN3O3/c1-16(2)10-20(8-12(23-16)9-22-5)14-13(17)6-11(7-18-14)15(21)19(3)4/h6-7,12H,8-10H2,1-5H3/t12-/m1/s1. The molecule has 1 aliphatic rings. The highest BCUT2D eigenvalue weighted by Gasteiger charge is 2.34. The number of nitrogens with zero attached hydrogens (tertiary/aromatic N) is 3. The average molecular weight is 342 g/mol. The van der Waals surface area contributed by atoms with Crippen molar-refractivity contribution in [2.45, 2.75) is 25.6 Å². The second-order valence-electron chi connectivity index (χ2n) is 6.56. The number of halogens is 1. The van der Waals surface area contributed by atoms with E-state index in [0.29, 0.717) is 36.1 Å². The summed E-state index contributed by atoms with van der Waals surface area (Å²) < 4.78 is 11.2. The molecule has 0 bridgehead atoms. The predicted molar refractivity (Wildman–Crippen MR) is 90.3 cm³/mol. The van der Waals surface area contributed by atoms with Crippen LogP contribution in [0.1, 0.15) is 24.2 Å². The van der Waals surface area contributed by atoms with Gasteiger partial charge in [-0.1, -0.05) is 11.6 Å². The van der Waals surface area contributed by atoms with Crippen molar-refractivity contribution in [2.75, 3.05) is 45.8 Å². The molecule has 1 amide bonds. The second kappa shape index (κ2) is 7.03. The third-order valence-electron chi connectivity index (χ3n) is 3.61. The quantitative estimate of drug-likeness (QED) is 0.839. The summed E-state index contributed by atoms with van der Waals surface area (Å²) in [5.74, 6) is 0.546. The van der Waals surface area contributed by atoms with Crippen LogP contribution in [0.15, 0.2) is 12.3 Å². The maximum Gasteiger partial charge on any atom is 0.254 e. The van der Waals surface area contributed by atoms with Crippen LogP contribution in [0.5, 0.6) is 0 Å². The number of rotatable bonds is 4. The highest BCUT2D eigenvalue weighted by atomic mass is 35.5. The zero-order valence-electron chi connectivity index (χ0n) is 14.3. The molecule has 0 unspecified atom stereocenters. The molecule has 0 saturated carbocycles. The highest BCUT2D eigenvalue weighted by molar-refractivity contribution is 6.33. The van der Waals surface area contributed by atoms with Gasteiger partial charge >= 0.3 is 0 Å². The SMILES string of the molecule is COC[C@H]1CN(c2ncc(C(=O)N(C)C)cc2Cl)CC(C)(C)O1. The minimum absolute atomic E-state index is 0.0512. The summed E-state index contributed by atoms with van der Waals surface area (Å²) in [6.45, 7) is 5.87. The number of amides is 1. The Kier molecular flexibility index (Phi) is 5.49. The summed E-state index contributed by atoms with van der Waals surface area (Å²) >= 11 is 6.38. The molecule has 0 radical (unpaired) electrons. The largest absolute Gasteiger partial charge is 0.382 e. The first-order valence-electron chi connectivity index (χ1n) is 7.52. The molecule has 2 rings (SSSR count). The smallest absolute Gasteiger partial charge is 0.254 e. The van der Waals surface area contributed by atoms with E-state index in [1.165, 1.54) is 4.90 Å². The number of carbonyl (C=O) groups excluding carboxylic acids is 1. The van der Waals surface area contributed by atoms with Gasteiger partial charge in [0.15, 0.2) is 0 Å². The van der Waals surface area contributed by atoms with Crippen molar-refractivity contribution in [3.8, 4) is 0 Å². The first-order chi connectivity index (χ1) is 10.7. The molecule has 0 aliphatic carbocycles. The molecule has 1 atom stereocenters. The molecule has 1 aromatic rings. The number of aromatic nitrogens is 1. The number of hydrogen-bond acceptors (Lipinski definition) is 5. The zero-order chi connectivity index (χ0) is 17.2. The molecule has 1 aliphatic heterocycles. The van der Waals surface area contributed by atoms with E-state index < -0.39 is 0 Å². The van der Waals surface area contributed by atoms with Gasteiger partial charge in [0.1, 0.15) is 5.82 Å². The van der Waals surface area contributed by atoms with Crippen LogP contribution in [0, 0.1) is 0 Å². The third kappa shape index (κ3) is 4.34. The molecular formula is C16H24ClN3O3. The normalized spacial score (nSPS) is 20.4. The van der Waals surface area contributed by atoms with E-state index >= 15 is 0 Å². The Balaban J connectivity index is 2.25. The molecule has 23 heavy (non-hydrogen) atoms. The molecule has 6 nitrogen and oxygen atoms in total. The van der Waals surface area contributed by atoms with Gasteiger partial charge in [0.05, 0.1) is 28.9 Å². The fourth-order valence-electron chi connectivity index (χ4n) is 2.77. The van der Waals surface area contributed by atoms with Crippen molar-refractivity contribution in [3.63, 3.8) is 0 Å². The van der Waals surface area contributed by atoms with E-state index in [1.807, 2.05) is 13.8 Å². The Morgan fingerprint density at radius 3 is 2.83 bits per heavy atom. The number of hydrogen-bond donors (Lipinski definition) is 0. The van der Waals surface area contributed by atoms with Crippen molar-refractivity contribution in [3.05, 3.63) is 22.8 Å². The minimum Gasteiger partial charge on any atom is -0.382 e. The summed E-state index contributed by atoms with van der Waals surface area (Å²) in [7, 11) is 5.05. The zero-order valence-corrected chi connectivity index (χ0v) is 15.1. The molecule has 0 aromatic carbocycles. The lowest BCUT2D eigenvalue weighted by molar-refractivity contribution is -0.106. The van der Waals surface area contributed by atoms with E-state index in [1.54, 1.807) is 33.5 Å². The number of pyridine rings is 1. The lowest BCUT2D eigenvalue weighted by atomic mass is 10.1. The van der Waals surface area contributed by atoms with Crippen LogP contribution in [0.2, 0.25) is 5.02 Å². The number of morpholine rings is 1. The first-order valence-corrected chi connectivity index (χ1v) is 7.90. The van der Waals surface area contributed by atoms with Gasteiger partial charge < -0.3 is 19.3 Å². The fraction of sp³-hybridized carbons (Fsp3) is 0.625. The van der Waals surface area contributed by atoms with Gasteiger partial charge in [-0.15, -0.1) is 0 Å². The lowest BCUT2D eigenvalue weighted by Crippen LogP contribution is -2.54. The van der Waals surface area contributed by atoms with Gasteiger partial charge in [-0.2, -0.15) is 0 Å². The van der Waals surface area contributed by atoms with Gasteiger partial charge in [0, 0.05) is 40.5 Å². The van der Waals surface area contributed by atoms with Gasteiger partial charge in [-0.25, -0.2) is 4.98 Å². The molecule has 0 N–H and O–H groups in total. The molecular weight excluding hydrogens is 318 g/mol. The van der Waals surface area contributed by atoms with Crippen LogP contribution >= 0.6 is 11.6 Å². The summed E-state index contributed by atoms with van der Waals surface area (Å²) in [6.07, 6.45) is 1.52. The Bertz CT molecular complexity index is 578. The molecule has 1 saturated heterocycles. The van der Waals surface area contributed by atoms with Crippen molar-refractivity contribution in [1.29, 1.82) is 0 Å². The number of ether oxygens (including phenoxy) is 2. The second-order valence-corrected chi connectivity index (χ2v) is 6.97. The van der Waals surface area contributed by atoms with Gasteiger partial charge in [0.2, 0.25) is 0 Å². The van der Waals surface area contributed by atoms with E-state index in [4.69, 9.17) is 21.1 Å². The fourth-order valence-corrected chi connectivity index (χ4v) is 3.05. The topological polar surface area (TPSA) is 54.9 Å². The monoisotopic (exact) mass is 341 g/mol. The molecule has 1 aromatic heterocycles. The van der Waals surface area contributed by atoms with Crippen LogP contribution < -0.4 is 4.90 Å². The first kappa shape index (κ1) is 18.0. The number of carbonyl (C=O) groups is 1. The maximum atomic E-state index is 12.0. The Morgan fingerprint density at radius 1 is 1.57 bits per heavy atom. The van der Waals surface area contributed by atoms with Crippen LogP contribution in [0.25, 0.3) is 0 Å². The van der Waals surface area contributed by atoms with Crippen LogP contribution in [0.3, 0.4) is 0 Å². The van der Waals surface area contributed by atoms with E-state index in [0.717, 1.165) is 0 Å². The highest BCUT2D eigenvalue weighted by Crippen LogP contribution is 2.30. The maximum absolute atomic E-state index is 12.0. The Hall–Kier alpha value is -1.37. The summed E-state index contributed by atoms with van der Waals surface area (Å²) in [5, 5.41) is 0.464. The van der Waals surface area contributed by atoms with Crippen molar-refractivity contribution in [1.82, 2.24) is 9.88 Å². The van der Waals surface area contributed by atoms with Crippen LogP contribution in [0.4, 0.5) is 5.82 Å².